The van der Waals surface area contributed by atoms with Crippen molar-refractivity contribution in [2.75, 3.05) is 6.54 Å². The van der Waals surface area contributed by atoms with Crippen molar-refractivity contribution in [2.45, 2.75) is 91.0 Å². The average molecular weight is 292 g/mol. The average Bonchev–Trinajstić information content (AvgIpc) is 2.43. The topological polar surface area (TPSA) is 12.0 Å². The molecule has 2 aliphatic rings. The molecular formula is C20H37N. The predicted molar refractivity (Wildman–Crippen MR) is 93.5 cm³/mol. The Hall–Kier alpha value is -0.300. The molecule has 0 amide bonds. The summed E-state index contributed by atoms with van der Waals surface area (Å²) in [7, 11) is 0. The number of hydrogen-bond donors (Lipinski definition) is 1. The molecule has 0 radical (unpaired) electrons. The molecule has 2 saturated carbocycles. The van der Waals surface area contributed by atoms with E-state index in [1.54, 1.807) is 5.57 Å². The van der Waals surface area contributed by atoms with Gasteiger partial charge in [-0.1, -0.05) is 50.7 Å². The van der Waals surface area contributed by atoms with Gasteiger partial charge in [-0.25, -0.2) is 0 Å². The number of allylic oxidation sites excluding steroid dienone is 1. The maximum Gasteiger partial charge on any atom is 0.0172 e. The van der Waals surface area contributed by atoms with E-state index in [0.717, 1.165) is 24.3 Å². The first-order valence-electron chi connectivity index (χ1n) is 9.39. The lowest BCUT2D eigenvalue weighted by Gasteiger charge is -2.31. The molecule has 2 fully saturated rings. The Balaban J connectivity index is 2.02. The number of hydrogen-bond acceptors (Lipinski definition) is 1. The quantitative estimate of drug-likeness (QED) is 0.654. The second kappa shape index (κ2) is 7.81. The molecule has 2 unspecified atom stereocenters. The van der Waals surface area contributed by atoms with Crippen LogP contribution >= 0.6 is 0 Å². The van der Waals surface area contributed by atoms with E-state index < -0.39 is 0 Å². The molecule has 2 atom stereocenters. The van der Waals surface area contributed by atoms with Crippen molar-refractivity contribution in [3.8, 4) is 0 Å². The Kier molecular flexibility index (Phi) is 6.34. The summed E-state index contributed by atoms with van der Waals surface area (Å²) in [5.74, 6) is 2.65. The van der Waals surface area contributed by atoms with Crippen molar-refractivity contribution < 1.29 is 0 Å². The van der Waals surface area contributed by atoms with Crippen LogP contribution in [0.5, 0.6) is 0 Å². The van der Waals surface area contributed by atoms with Crippen LogP contribution in [0.3, 0.4) is 0 Å². The fraction of sp³-hybridized carbons (Fsp3) is 0.900. The normalized spacial score (nSPS) is 29.6. The SMILES string of the molecule is CC1CCCC(/C=C(/CNC(C)(C)C)C2CCCCC2)C1. The third kappa shape index (κ3) is 6.14. The highest BCUT2D eigenvalue weighted by molar-refractivity contribution is 5.13. The molecule has 0 aromatic carbocycles. The molecule has 0 saturated heterocycles. The molecule has 1 heteroatoms. The predicted octanol–water partition coefficient (Wildman–Crippen LogP) is 5.71. The zero-order valence-corrected chi connectivity index (χ0v) is 14.9. The molecule has 122 valence electrons. The fourth-order valence-electron chi connectivity index (χ4n) is 4.12. The molecule has 1 N–H and O–H groups in total. The number of rotatable bonds is 4. The molecular weight excluding hydrogens is 254 g/mol. The molecule has 0 aromatic rings. The molecule has 0 spiro atoms. The Morgan fingerprint density at radius 1 is 1.00 bits per heavy atom. The van der Waals surface area contributed by atoms with E-state index in [4.69, 9.17) is 0 Å². The van der Waals surface area contributed by atoms with Crippen LogP contribution in [0.4, 0.5) is 0 Å². The summed E-state index contributed by atoms with van der Waals surface area (Å²) >= 11 is 0. The molecule has 2 rings (SSSR count). The maximum atomic E-state index is 3.75. The summed E-state index contributed by atoms with van der Waals surface area (Å²) in [6, 6.07) is 0. The van der Waals surface area contributed by atoms with Gasteiger partial charge in [-0.05, 0) is 64.2 Å². The minimum Gasteiger partial charge on any atom is -0.308 e. The van der Waals surface area contributed by atoms with E-state index in [1.165, 1.54) is 57.8 Å². The molecule has 0 aliphatic heterocycles. The maximum absolute atomic E-state index is 3.75. The molecule has 21 heavy (non-hydrogen) atoms. The van der Waals surface area contributed by atoms with Crippen molar-refractivity contribution in [1.29, 1.82) is 0 Å². The van der Waals surface area contributed by atoms with Gasteiger partial charge in [0.05, 0.1) is 0 Å². The highest BCUT2D eigenvalue weighted by atomic mass is 14.9. The molecule has 2 aliphatic carbocycles. The van der Waals surface area contributed by atoms with Crippen molar-refractivity contribution in [1.82, 2.24) is 5.32 Å². The van der Waals surface area contributed by atoms with Gasteiger partial charge >= 0.3 is 0 Å². The van der Waals surface area contributed by atoms with Gasteiger partial charge in [0.1, 0.15) is 0 Å². The second-order valence-electron chi connectivity index (χ2n) is 8.71. The van der Waals surface area contributed by atoms with Crippen molar-refractivity contribution in [2.24, 2.45) is 17.8 Å². The Bertz CT molecular complexity index is 330. The van der Waals surface area contributed by atoms with E-state index in [0.29, 0.717) is 0 Å². The van der Waals surface area contributed by atoms with Crippen molar-refractivity contribution in [3.63, 3.8) is 0 Å². The van der Waals surface area contributed by atoms with Gasteiger partial charge in [-0.2, -0.15) is 0 Å². The Morgan fingerprint density at radius 3 is 2.33 bits per heavy atom. The van der Waals surface area contributed by atoms with Gasteiger partial charge in [0, 0.05) is 12.1 Å². The third-order valence-corrected chi connectivity index (χ3v) is 5.38. The van der Waals surface area contributed by atoms with Crippen LogP contribution in [-0.2, 0) is 0 Å². The van der Waals surface area contributed by atoms with Gasteiger partial charge in [0.2, 0.25) is 0 Å². The van der Waals surface area contributed by atoms with Crippen LogP contribution in [-0.4, -0.2) is 12.1 Å². The van der Waals surface area contributed by atoms with Crippen LogP contribution in [0.15, 0.2) is 11.6 Å². The van der Waals surface area contributed by atoms with Gasteiger partial charge in [-0.3, -0.25) is 0 Å². The highest BCUT2D eigenvalue weighted by Crippen LogP contribution is 2.34. The summed E-state index contributed by atoms with van der Waals surface area (Å²) in [5, 5.41) is 3.75. The fourth-order valence-corrected chi connectivity index (χ4v) is 4.12. The van der Waals surface area contributed by atoms with Gasteiger partial charge < -0.3 is 5.32 Å². The number of nitrogens with one attached hydrogen (secondary N) is 1. The van der Waals surface area contributed by atoms with Crippen LogP contribution in [0.25, 0.3) is 0 Å². The van der Waals surface area contributed by atoms with E-state index in [2.05, 4.69) is 39.1 Å². The molecule has 0 heterocycles. The van der Waals surface area contributed by atoms with Crippen LogP contribution in [0.1, 0.15) is 85.5 Å². The van der Waals surface area contributed by atoms with E-state index in [1.807, 2.05) is 0 Å². The lowest BCUT2D eigenvalue weighted by Crippen LogP contribution is -2.38. The first-order valence-corrected chi connectivity index (χ1v) is 9.39. The van der Waals surface area contributed by atoms with Crippen LogP contribution in [0.2, 0.25) is 0 Å². The third-order valence-electron chi connectivity index (χ3n) is 5.38. The first kappa shape index (κ1) is 17.1. The van der Waals surface area contributed by atoms with E-state index >= 15 is 0 Å². The van der Waals surface area contributed by atoms with Gasteiger partial charge in [0.25, 0.3) is 0 Å². The van der Waals surface area contributed by atoms with Crippen LogP contribution in [0, 0.1) is 17.8 Å². The van der Waals surface area contributed by atoms with Crippen LogP contribution < -0.4 is 5.32 Å². The summed E-state index contributed by atoms with van der Waals surface area (Å²) in [4.78, 5) is 0. The largest absolute Gasteiger partial charge is 0.308 e. The van der Waals surface area contributed by atoms with Gasteiger partial charge in [0.15, 0.2) is 0 Å². The zero-order chi connectivity index (χ0) is 15.3. The summed E-state index contributed by atoms with van der Waals surface area (Å²) in [5.41, 5.74) is 1.97. The molecule has 1 nitrogen and oxygen atoms in total. The lowest BCUT2D eigenvalue weighted by atomic mass is 9.78. The monoisotopic (exact) mass is 291 g/mol. The second-order valence-corrected chi connectivity index (χ2v) is 8.71. The standard InChI is InChI=1S/C20H37N/c1-16-9-8-10-17(13-16)14-19(15-21-20(2,3)4)18-11-6-5-7-12-18/h14,16-18,21H,5-13,15H2,1-4H3/b19-14-. The highest BCUT2D eigenvalue weighted by Gasteiger charge is 2.23. The molecule has 0 aromatic heterocycles. The summed E-state index contributed by atoms with van der Waals surface area (Å²) in [6.45, 7) is 10.4. The van der Waals surface area contributed by atoms with Gasteiger partial charge in [-0.15, -0.1) is 0 Å². The Morgan fingerprint density at radius 2 is 1.71 bits per heavy atom. The summed E-state index contributed by atoms with van der Waals surface area (Å²) < 4.78 is 0. The first-order chi connectivity index (χ1) is 9.94. The minimum absolute atomic E-state index is 0.230. The minimum atomic E-state index is 0.230. The Labute approximate surface area is 133 Å². The van der Waals surface area contributed by atoms with E-state index in [9.17, 15) is 0 Å². The lowest BCUT2D eigenvalue weighted by molar-refractivity contribution is 0.318. The summed E-state index contributed by atoms with van der Waals surface area (Å²) in [6.07, 6.45) is 15.6. The van der Waals surface area contributed by atoms with E-state index in [-0.39, 0.29) is 5.54 Å². The van der Waals surface area contributed by atoms with Crippen molar-refractivity contribution in [3.05, 3.63) is 11.6 Å². The smallest absolute Gasteiger partial charge is 0.0172 e. The zero-order valence-electron chi connectivity index (χ0n) is 14.9. The van der Waals surface area contributed by atoms with Crippen molar-refractivity contribution >= 4 is 0 Å². The molecule has 0 bridgehead atoms.